The zero-order chi connectivity index (χ0) is 17.1. The molecule has 0 unspecified atom stereocenters. The molecule has 0 aliphatic carbocycles. The lowest BCUT2D eigenvalue weighted by Gasteiger charge is -2.08. The summed E-state index contributed by atoms with van der Waals surface area (Å²) in [5.74, 6) is -6.85. The monoisotopic (exact) mass is 324 g/mol. The number of carbonyl (C=O) groups is 1. The van der Waals surface area contributed by atoms with Gasteiger partial charge in [-0.05, 0) is 12.5 Å². The number of halogens is 3. The molecule has 0 saturated carbocycles. The maximum atomic E-state index is 13.6. The quantitative estimate of drug-likeness (QED) is 0.533. The number of rotatable bonds is 4. The number of benzene rings is 2. The van der Waals surface area contributed by atoms with E-state index in [1.807, 2.05) is 6.92 Å². The smallest absolute Gasteiger partial charge is 0.308 e. The Bertz CT molecular complexity index is 777. The van der Waals surface area contributed by atoms with Gasteiger partial charge in [0.25, 0.3) is 5.91 Å². The molecule has 0 heterocycles. The molecule has 1 amide bonds. The van der Waals surface area contributed by atoms with E-state index in [9.17, 15) is 28.1 Å². The van der Waals surface area contributed by atoms with Gasteiger partial charge in [-0.15, -0.1) is 0 Å². The van der Waals surface area contributed by atoms with Crippen LogP contribution in [-0.2, 0) is 6.54 Å². The van der Waals surface area contributed by atoms with Crippen molar-refractivity contribution in [3.05, 3.63) is 74.6 Å². The average Bonchev–Trinajstić information content (AvgIpc) is 2.51. The highest BCUT2D eigenvalue weighted by molar-refractivity contribution is 5.95. The van der Waals surface area contributed by atoms with E-state index in [0.717, 1.165) is 5.56 Å². The molecular weight excluding hydrogens is 313 g/mol. The fourth-order valence-corrected chi connectivity index (χ4v) is 1.87. The van der Waals surface area contributed by atoms with E-state index in [4.69, 9.17) is 0 Å². The minimum Gasteiger partial charge on any atom is -0.348 e. The summed E-state index contributed by atoms with van der Waals surface area (Å²) in [6.07, 6.45) is 0. The van der Waals surface area contributed by atoms with Crippen LogP contribution in [0, 0.1) is 34.5 Å². The number of amides is 1. The number of aryl methyl sites for hydroxylation is 1. The molecule has 2 aromatic rings. The first-order valence-corrected chi connectivity index (χ1v) is 6.47. The Balaban J connectivity index is 2.25. The van der Waals surface area contributed by atoms with Crippen LogP contribution in [0.1, 0.15) is 21.5 Å². The second kappa shape index (κ2) is 6.47. The number of hydrogen-bond donors (Lipinski definition) is 1. The van der Waals surface area contributed by atoms with Crippen LogP contribution in [0.3, 0.4) is 0 Å². The minimum absolute atomic E-state index is 0.00530. The number of nitrogens with one attached hydrogen (secondary N) is 1. The molecule has 8 heteroatoms. The van der Waals surface area contributed by atoms with Crippen molar-refractivity contribution in [2.75, 3.05) is 0 Å². The highest BCUT2D eigenvalue weighted by Crippen LogP contribution is 2.25. The van der Waals surface area contributed by atoms with Crippen LogP contribution in [0.15, 0.2) is 30.3 Å². The normalized spacial score (nSPS) is 10.4. The second-order valence-electron chi connectivity index (χ2n) is 4.81. The van der Waals surface area contributed by atoms with Gasteiger partial charge in [-0.3, -0.25) is 14.9 Å². The van der Waals surface area contributed by atoms with E-state index in [2.05, 4.69) is 5.32 Å². The average molecular weight is 324 g/mol. The van der Waals surface area contributed by atoms with E-state index in [-0.39, 0.29) is 6.54 Å². The fraction of sp³-hybridized carbons (Fsp3) is 0.133. The summed E-state index contributed by atoms with van der Waals surface area (Å²) in [7, 11) is 0. The van der Waals surface area contributed by atoms with Crippen molar-refractivity contribution in [3.63, 3.8) is 0 Å². The molecule has 2 aromatic carbocycles. The Morgan fingerprint density at radius 3 is 2.30 bits per heavy atom. The molecule has 0 saturated heterocycles. The van der Waals surface area contributed by atoms with Crippen molar-refractivity contribution in [3.8, 4) is 0 Å². The summed E-state index contributed by atoms with van der Waals surface area (Å²) in [5.41, 5.74) is -0.532. The van der Waals surface area contributed by atoms with Gasteiger partial charge in [0.2, 0.25) is 11.6 Å². The first kappa shape index (κ1) is 16.5. The molecule has 0 spiro atoms. The third kappa shape index (κ3) is 3.47. The molecule has 2 rings (SSSR count). The molecule has 0 radical (unpaired) electrons. The molecule has 0 atom stereocenters. The van der Waals surface area contributed by atoms with Crippen LogP contribution in [0.5, 0.6) is 0 Å². The Kier molecular flexibility index (Phi) is 4.63. The predicted octanol–water partition coefficient (Wildman–Crippen LogP) is 3.25. The highest BCUT2D eigenvalue weighted by atomic mass is 19.2. The van der Waals surface area contributed by atoms with Gasteiger partial charge in [0.15, 0.2) is 5.82 Å². The summed E-state index contributed by atoms with van der Waals surface area (Å²) in [6.45, 7) is 1.88. The molecule has 0 fully saturated rings. The molecule has 5 nitrogen and oxygen atoms in total. The van der Waals surface area contributed by atoms with Gasteiger partial charge in [-0.1, -0.05) is 29.8 Å². The van der Waals surface area contributed by atoms with Gasteiger partial charge in [0, 0.05) is 12.6 Å². The summed E-state index contributed by atoms with van der Waals surface area (Å²) >= 11 is 0. The van der Waals surface area contributed by atoms with Crippen LogP contribution < -0.4 is 5.32 Å². The molecule has 0 bridgehead atoms. The van der Waals surface area contributed by atoms with Gasteiger partial charge < -0.3 is 5.32 Å². The number of carbonyl (C=O) groups excluding carboxylic acids is 1. The summed E-state index contributed by atoms with van der Waals surface area (Å²) in [6, 6.07) is 7.41. The molecule has 0 aliphatic rings. The van der Waals surface area contributed by atoms with Crippen molar-refractivity contribution in [1.82, 2.24) is 5.32 Å². The second-order valence-corrected chi connectivity index (χ2v) is 4.81. The Morgan fingerprint density at radius 1 is 1.13 bits per heavy atom. The van der Waals surface area contributed by atoms with E-state index in [1.54, 1.807) is 24.3 Å². The van der Waals surface area contributed by atoms with E-state index >= 15 is 0 Å². The molecule has 0 aromatic heterocycles. The van der Waals surface area contributed by atoms with Gasteiger partial charge in [-0.2, -0.15) is 4.39 Å². The van der Waals surface area contributed by atoms with Gasteiger partial charge >= 0.3 is 5.69 Å². The van der Waals surface area contributed by atoms with E-state index < -0.39 is 39.5 Å². The van der Waals surface area contributed by atoms with Crippen LogP contribution >= 0.6 is 0 Å². The number of nitrogens with zero attached hydrogens (tertiary/aromatic N) is 1. The summed E-state index contributed by atoms with van der Waals surface area (Å²) in [5, 5.41) is 12.9. The van der Waals surface area contributed by atoms with Crippen molar-refractivity contribution in [2.45, 2.75) is 13.5 Å². The van der Waals surface area contributed by atoms with Crippen molar-refractivity contribution in [2.24, 2.45) is 0 Å². The highest BCUT2D eigenvalue weighted by Gasteiger charge is 2.28. The SMILES string of the molecule is Cc1ccc(CNC(=O)c2cc([N+](=O)[O-])c(F)c(F)c2F)cc1. The number of nitro groups is 1. The molecule has 23 heavy (non-hydrogen) atoms. The maximum absolute atomic E-state index is 13.6. The lowest BCUT2D eigenvalue weighted by atomic mass is 10.1. The molecule has 120 valence electrons. The van der Waals surface area contributed by atoms with Crippen LogP contribution in [0.25, 0.3) is 0 Å². The van der Waals surface area contributed by atoms with Gasteiger partial charge in [-0.25, -0.2) is 8.78 Å². The minimum atomic E-state index is -2.06. The first-order chi connectivity index (χ1) is 10.8. The van der Waals surface area contributed by atoms with Gasteiger partial charge in [0.05, 0.1) is 10.5 Å². The number of hydrogen-bond acceptors (Lipinski definition) is 3. The summed E-state index contributed by atoms with van der Waals surface area (Å²) in [4.78, 5) is 21.3. The fourth-order valence-electron chi connectivity index (χ4n) is 1.87. The third-order valence-corrected chi connectivity index (χ3v) is 3.14. The molecular formula is C15H11F3N2O3. The Labute approximate surface area is 128 Å². The molecule has 1 N–H and O–H groups in total. The van der Waals surface area contributed by atoms with Crippen LogP contribution in [0.4, 0.5) is 18.9 Å². The third-order valence-electron chi connectivity index (χ3n) is 3.14. The Morgan fingerprint density at radius 2 is 1.74 bits per heavy atom. The zero-order valence-corrected chi connectivity index (χ0v) is 11.9. The Hall–Kier alpha value is -2.90. The van der Waals surface area contributed by atoms with E-state index in [0.29, 0.717) is 11.6 Å². The van der Waals surface area contributed by atoms with Crippen LogP contribution in [0.2, 0.25) is 0 Å². The predicted molar refractivity (Wildman–Crippen MR) is 75.3 cm³/mol. The van der Waals surface area contributed by atoms with Crippen molar-refractivity contribution < 1.29 is 22.9 Å². The number of nitro benzene ring substituents is 1. The lowest BCUT2D eigenvalue weighted by Crippen LogP contribution is -2.24. The van der Waals surface area contributed by atoms with Crippen LogP contribution in [-0.4, -0.2) is 10.8 Å². The standard InChI is InChI=1S/C15H11F3N2O3/c1-8-2-4-9(5-3-8)7-19-15(21)10-6-11(20(22)23)13(17)14(18)12(10)16/h2-6H,7H2,1H3,(H,19,21). The zero-order valence-electron chi connectivity index (χ0n) is 11.9. The molecule has 0 aliphatic heterocycles. The van der Waals surface area contributed by atoms with Crippen molar-refractivity contribution in [1.29, 1.82) is 0 Å². The summed E-state index contributed by atoms with van der Waals surface area (Å²) < 4.78 is 40.2. The van der Waals surface area contributed by atoms with Crippen molar-refractivity contribution >= 4 is 11.6 Å². The topological polar surface area (TPSA) is 72.2 Å². The first-order valence-electron chi connectivity index (χ1n) is 6.47. The maximum Gasteiger partial charge on any atom is 0.308 e. The lowest BCUT2D eigenvalue weighted by molar-refractivity contribution is -0.387. The van der Waals surface area contributed by atoms with Gasteiger partial charge in [0.1, 0.15) is 0 Å². The largest absolute Gasteiger partial charge is 0.348 e. The van der Waals surface area contributed by atoms with E-state index in [1.165, 1.54) is 0 Å².